The van der Waals surface area contributed by atoms with Gasteiger partial charge < -0.3 is 20.7 Å². The van der Waals surface area contributed by atoms with Crippen molar-refractivity contribution in [2.75, 3.05) is 33.4 Å². The zero-order valence-electron chi connectivity index (χ0n) is 11.6. The number of methoxy groups -OCH3 is 1. The number of carbonyl (C=O) groups excluding carboxylic acids is 1. The Labute approximate surface area is 126 Å². The molecule has 1 atom stereocenters. The zero-order chi connectivity index (χ0) is 13.1. The Bertz CT molecular complexity index is 249. The minimum atomic E-state index is -0.0362. The van der Waals surface area contributed by atoms with Gasteiger partial charge in [0.2, 0.25) is 5.91 Å². The third-order valence-electron chi connectivity index (χ3n) is 1.90. The number of hydrogen-bond acceptors (Lipinski definition) is 3. The van der Waals surface area contributed by atoms with Crippen molar-refractivity contribution in [3.8, 4) is 0 Å². The fraction of sp³-hybridized carbons (Fsp3) is 0.818. The van der Waals surface area contributed by atoms with E-state index in [-0.39, 0.29) is 35.9 Å². The van der Waals surface area contributed by atoms with Gasteiger partial charge in [-0.15, -0.1) is 24.0 Å². The Balaban J connectivity index is 0. The summed E-state index contributed by atoms with van der Waals surface area (Å²) in [6, 6.07) is 0.193. The molecule has 0 aromatic rings. The van der Waals surface area contributed by atoms with E-state index in [1.165, 1.54) is 6.92 Å². The van der Waals surface area contributed by atoms with Crippen molar-refractivity contribution in [1.29, 1.82) is 0 Å². The van der Waals surface area contributed by atoms with Crippen molar-refractivity contribution in [2.45, 2.75) is 26.8 Å². The van der Waals surface area contributed by atoms with Crippen molar-refractivity contribution >= 4 is 35.8 Å². The van der Waals surface area contributed by atoms with Crippen LogP contribution in [0.2, 0.25) is 0 Å². The first kappa shape index (κ1) is 19.8. The quantitative estimate of drug-likeness (QED) is 0.261. The molecule has 0 aromatic heterocycles. The number of nitrogens with zero attached hydrogens (tertiary/aromatic N) is 1. The molecule has 0 saturated heterocycles. The lowest BCUT2D eigenvalue weighted by Crippen LogP contribution is -2.44. The SMILES string of the molecule is CCNC(=NCCNC(C)=O)NC(C)COC.I. The lowest BCUT2D eigenvalue weighted by molar-refractivity contribution is -0.118. The number of amides is 1. The van der Waals surface area contributed by atoms with Crippen LogP contribution in [0, 0.1) is 0 Å². The van der Waals surface area contributed by atoms with Gasteiger partial charge in [-0.25, -0.2) is 0 Å². The highest BCUT2D eigenvalue weighted by Gasteiger charge is 2.03. The maximum atomic E-state index is 10.7. The van der Waals surface area contributed by atoms with Crippen molar-refractivity contribution < 1.29 is 9.53 Å². The molecule has 0 saturated carbocycles. The number of rotatable bonds is 7. The molecule has 3 N–H and O–H groups in total. The van der Waals surface area contributed by atoms with Crippen molar-refractivity contribution in [3.05, 3.63) is 0 Å². The smallest absolute Gasteiger partial charge is 0.216 e. The molecule has 0 fully saturated rings. The van der Waals surface area contributed by atoms with Crippen molar-refractivity contribution in [1.82, 2.24) is 16.0 Å². The number of nitrogens with one attached hydrogen (secondary N) is 3. The lowest BCUT2D eigenvalue weighted by Gasteiger charge is -2.16. The van der Waals surface area contributed by atoms with Crippen LogP contribution in [0.1, 0.15) is 20.8 Å². The van der Waals surface area contributed by atoms with Gasteiger partial charge in [-0.3, -0.25) is 9.79 Å². The lowest BCUT2D eigenvalue weighted by atomic mass is 10.4. The largest absolute Gasteiger partial charge is 0.383 e. The Morgan fingerprint density at radius 3 is 2.56 bits per heavy atom. The van der Waals surface area contributed by atoms with E-state index in [0.717, 1.165) is 12.5 Å². The fourth-order valence-electron chi connectivity index (χ4n) is 1.24. The van der Waals surface area contributed by atoms with Gasteiger partial charge in [-0.1, -0.05) is 0 Å². The van der Waals surface area contributed by atoms with Gasteiger partial charge in [0.05, 0.1) is 13.2 Å². The predicted molar refractivity (Wildman–Crippen MR) is 84.6 cm³/mol. The summed E-state index contributed by atoms with van der Waals surface area (Å²) in [7, 11) is 1.67. The number of guanidine groups is 1. The van der Waals surface area contributed by atoms with Crippen LogP contribution in [0.5, 0.6) is 0 Å². The molecule has 0 bridgehead atoms. The Kier molecular flexibility index (Phi) is 14.1. The van der Waals surface area contributed by atoms with Crippen LogP contribution in [0.4, 0.5) is 0 Å². The van der Waals surface area contributed by atoms with E-state index < -0.39 is 0 Å². The second-order valence-corrected chi connectivity index (χ2v) is 3.74. The van der Waals surface area contributed by atoms with E-state index in [4.69, 9.17) is 4.74 Å². The summed E-state index contributed by atoms with van der Waals surface area (Å²) in [5.74, 6) is 0.702. The molecular formula is C11H25IN4O2. The summed E-state index contributed by atoms with van der Waals surface area (Å²) in [6.45, 7) is 8.03. The molecule has 0 aliphatic rings. The third kappa shape index (κ3) is 11.9. The summed E-state index contributed by atoms with van der Waals surface area (Å²) >= 11 is 0. The number of halogens is 1. The van der Waals surface area contributed by atoms with Crippen LogP contribution in [0.25, 0.3) is 0 Å². The average molecular weight is 372 g/mol. The highest BCUT2D eigenvalue weighted by Crippen LogP contribution is 1.83. The number of aliphatic imine (C=N–C) groups is 1. The molecule has 0 aromatic carbocycles. The molecule has 0 heterocycles. The van der Waals surface area contributed by atoms with E-state index >= 15 is 0 Å². The molecular weight excluding hydrogens is 347 g/mol. The van der Waals surface area contributed by atoms with Gasteiger partial charge in [-0.05, 0) is 13.8 Å². The molecule has 1 amide bonds. The van der Waals surface area contributed by atoms with Gasteiger partial charge >= 0.3 is 0 Å². The molecule has 0 radical (unpaired) electrons. The Hall–Kier alpha value is -0.570. The number of carbonyl (C=O) groups is 1. The first-order valence-electron chi connectivity index (χ1n) is 5.88. The van der Waals surface area contributed by atoms with Crippen LogP contribution < -0.4 is 16.0 Å². The maximum Gasteiger partial charge on any atom is 0.216 e. The predicted octanol–water partition coefficient (Wildman–Crippen LogP) is 0.331. The summed E-state index contributed by atoms with van der Waals surface area (Å²) in [6.07, 6.45) is 0. The summed E-state index contributed by atoms with van der Waals surface area (Å²) in [5.41, 5.74) is 0. The molecule has 6 nitrogen and oxygen atoms in total. The molecule has 0 rings (SSSR count). The second-order valence-electron chi connectivity index (χ2n) is 3.74. The van der Waals surface area contributed by atoms with Crippen LogP contribution >= 0.6 is 24.0 Å². The van der Waals surface area contributed by atoms with Gasteiger partial charge in [-0.2, -0.15) is 0 Å². The van der Waals surface area contributed by atoms with Crippen molar-refractivity contribution in [2.24, 2.45) is 4.99 Å². The van der Waals surface area contributed by atoms with Crippen LogP contribution in [0.3, 0.4) is 0 Å². The van der Waals surface area contributed by atoms with Crippen LogP contribution in [0.15, 0.2) is 4.99 Å². The minimum absolute atomic E-state index is 0. The van der Waals surface area contributed by atoms with Crippen LogP contribution in [-0.4, -0.2) is 51.3 Å². The highest BCUT2D eigenvalue weighted by molar-refractivity contribution is 14.0. The minimum Gasteiger partial charge on any atom is -0.383 e. The first-order valence-corrected chi connectivity index (χ1v) is 5.88. The number of hydrogen-bond donors (Lipinski definition) is 3. The van der Waals surface area contributed by atoms with E-state index in [1.807, 2.05) is 13.8 Å². The zero-order valence-corrected chi connectivity index (χ0v) is 13.9. The molecule has 0 aliphatic heterocycles. The highest BCUT2D eigenvalue weighted by atomic mass is 127. The molecule has 7 heteroatoms. The molecule has 0 spiro atoms. The third-order valence-corrected chi connectivity index (χ3v) is 1.90. The average Bonchev–Trinajstić information content (AvgIpc) is 2.24. The maximum absolute atomic E-state index is 10.7. The van der Waals surface area contributed by atoms with E-state index in [9.17, 15) is 4.79 Å². The monoisotopic (exact) mass is 372 g/mol. The summed E-state index contributed by atoms with van der Waals surface area (Å²) in [5, 5.41) is 9.03. The molecule has 18 heavy (non-hydrogen) atoms. The van der Waals surface area contributed by atoms with E-state index in [0.29, 0.717) is 19.7 Å². The van der Waals surface area contributed by atoms with Gasteiger partial charge in [0.25, 0.3) is 0 Å². The summed E-state index contributed by atoms with van der Waals surface area (Å²) in [4.78, 5) is 15.0. The van der Waals surface area contributed by atoms with Gasteiger partial charge in [0.1, 0.15) is 0 Å². The first-order chi connectivity index (χ1) is 8.10. The Morgan fingerprint density at radius 1 is 1.39 bits per heavy atom. The van der Waals surface area contributed by atoms with E-state index in [1.54, 1.807) is 7.11 Å². The topological polar surface area (TPSA) is 74.8 Å². The normalized spacial score (nSPS) is 12.3. The van der Waals surface area contributed by atoms with Gasteiger partial charge in [0.15, 0.2) is 5.96 Å². The standard InChI is InChI=1S/C11H24N4O2.HI/c1-5-12-11(15-9(2)8-17-4)14-7-6-13-10(3)16;/h9H,5-8H2,1-4H3,(H,13,16)(H2,12,14,15);1H. The van der Waals surface area contributed by atoms with Gasteiger partial charge in [0, 0.05) is 33.2 Å². The van der Waals surface area contributed by atoms with Crippen molar-refractivity contribution in [3.63, 3.8) is 0 Å². The van der Waals surface area contributed by atoms with E-state index in [2.05, 4.69) is 20.9 Å². The molecule has 0 aliphatic carbocycles. The van der Waals surface area contributed by atoms with Crippen LogP contribution in [-0.2, 0) is 9.53 Å². The Morgan fingerprint density at radius 2 is 2.06 bits per heavy atom. The molecule has 108 valence electrons. The summed E-state index contributed by atoms with van der Waals surface area (Å²) < 4.78 is 5.04. The molecule has 1 unspecified atom stereocenters. The number of ether oxygens (including phenoxy) is 1. The fourth-order valence-corrected chi connectivity index (χ4v) is 1.24. The second kappa shape index (κ2) is 12.9.